The predicted octanol–water partition coefficient (Wildman–Crippen LogP) is 5.05. The van der Waals surface area contributed by atoms with Crippen molar-refractivity contribution in [3.8, 4) is 0 Å². The average molecular weight is 585 g/mol. The normalized spacial score (nSPS) is 19.1. The van der Waals surface area contributed by atoms with Crippen LogP contribution in [0.2, 0.25) is 10.0 Å². The lowest BCUT2D eigenvalue weighted by Crippen LogP contribution is -2.51. The average Bonchev–Trinajstić information content (AvgIpc) is 3.19. The van der Waals surface area contributed by atoms with Gasteiger partial charge in [0.1, 0.15) is 6.04 Å². The molecule has 1 aliphatic carbocycles. The number of allylic oxidation sites excluding steroid dienone is 2. The quantitative estimate of drug-likeness (QED) is 0.296. The topological polar surface area (TPSA) is 86.8 Å². The summed E-state index contributed by atoms with van der Waals surface area (Å²) in [6.07, 6.45) is 5.16. The number of benzene rings is 2. The molecule has 212 valence electrons. The van der Waals surface area contributed by atoms with E-state index in [4.69, 9.17) is 23.2 Å². The molecule has 1 heterocycles. The molecule has 4 amide bonds. The van der Waals surface area contributed by atoms with Crippen molar-refractivity contribution in [3.63, 3.8) is 0 Å². The lowest BCUT2D eigenvalue weighted by molar-refractivity contribution is -0.144. The molecule has 2 aromatic carbocycles. The number of amides is 4. The number of hydrogen-bond acceptors (Lipinski definition) is 4. The largest absolute Gasteiger partial charge is 0.354 e. The van der Waals surface area contributed by atoms with Crippen molar-refractivity contribution >= 4 is 46.8 Å². The van der Waals surface area contributed by atoms with Gasteiger partial charge >= 0.3 is 0 Å². The fraction of sp³-hybridized carbons (Fsp3) is 0.419. The molecule has 1 N–H and O–H groups in total. The van der Waals surface area contributed by atoms with E-state index in [0.29, 0.717) is 41.4 Å². The van der Waals surface area contributed by atoms with Gasteiger partial charge in [0.2, 0.25) is 23.6 Å². The van der Waals surface area contributed by atoms with Crippen LogP contribution in [-0.4, -0.2) is 52.6 Å². The Bertz CT molecular complexity index is 1250. The van der Waals surface area contributed by atoms with Gasteiger partial charge in [0.15, 0.2) is 0 Å². The van der Waals surface area contributed by atoms with Gasteiger partial charge in [-0.3, -0.25) is 24.1 Å². The smallest absolute Gasteiger partial charge is 0.243 e. The molecule has 9 heteroatoms. The first-order chi connectivity index (χ1) is 19.2. The third-order valence-electron chi connectivity index (χ3n) is 7.44. The van der Waals surface area contributed by atoms with Crippen LogP contribution in [0.1, 0.15) is 44.2 Å². The fourth-order valence-corrected chi connectivity index (χ4v) is 5.57. The SMILES string of the molecule is CC(C)CNC(=O)[C@@H](Cc1ccccc1)N(Cc1ccc(Cl)c(Cl)c1)C(=O)CCN1C(=O)[C@H]2CC=CC[C@H]2C1=O. The summed E-state index contributed by atoms with van der Waals surface area (Å²) in [5, 5.41) is 3.72. The summed E-state index contributed by atoms with van der Waals surface area (Å²) in [6.45, 7) is 4.56. The number of nitrogens with one attached hydrogen (secondary N) is 1. The molecule has 1 aliphatic heterocycles. The van der Waals surface area contributed by atoms with Crippen LogP contribution in [0.4, 0.5) is 0 Å². The first kappa shape index (κ1) is 29.8. The maximum atomic E-state index is 13.9. The molecule has 0 bridgehead atoms. The highest BCUT2D eigenvalue weighted by atomic mass is 35.5. The molecule has 1 fully saturated rings. The Balaban J connectivity index is 1.60. The number of rotatable bonds is 11. The first-order valence-electron chi connectivity index (χ1n) is 13.7. The standard InChI is InChI=1S/C31H35Cl2N3O4/c1-20(2)18-34-29(38)27(17-21-8-4-3-5-9-21)36(19-22-12-13-25(32)26(33)16-22)28(37)14-15-35-30(39)23-10-6-7-11-24(23)31(35)40/h3-9,12-13,16,20,23-24,27H,10-11,14-15,17-19H2,1-2H3,(H,34,38)/t23-,24+,27-/m1/s1. The van der Waals surface area contributed by atoms with Crippen LogP contribution in [-0.2, 0) is 32.1 Å². The zero-order valence-corrected chi connectivity index (χ0v) is 24.3. The van der Waals surface area contributed by atoms with Crippen molar-refractivity contribution in [1.82, 2.24) is 15.1 Å². The number of carbonyl (C=O) groups excluding carboxylic acids is 4. The van der Waals surface area contributed by atoms with Crippen LogP contribution in [0.15, 0.2) is 60.7 Å². The van der Waals surface area contributed by atoms with Gasteiger partial charge in [0.25, 0.3) is 0 Å². The second-order valence-corrected chi connectivity index (χ2v) is 11.7. The van der Waals surface area contributed by atoms with Crippen molar-refractivity contribution in [2.75, 3.05) is 13.1 Å². The minimum Gasteiger partial charge on any atom is -0.354 e. The molecule has 0 spiro atoms. The third kappa shape index (κ3) is 7.12. The van der Waals surface area contributed by atoms with Crippen LogP contribution in [0.5, 0.6) is 0 Å². The Morgan fingerprint density at radius 1 is 0.950 bits per heavy atom. The number of halogens is 2. The molecular formula is C31H35Cl2N3O4. The molecule has 2 aromatic rings. The lowest BCUT2D eigenvalue weighted by Gasteiger charge is -2.32. The van der Waals surface area contributed by atoms with Crippen molar-refractivity contribution < 1.29 is 19.2 Å². The minimum atomic E-state index is -0.820. The Kier molecular flexibility index (Phi) is 10.0. The number of hydrogen-bond donors (Lipinski definition) is 1. The van der Waals surface area contributed by atoms with Gasteiger partial charge in [0, 0.05) is 32.5 Å². The number of fused-ring (bicyclic) bond motifs is 1. The van der Waals surface area contributed by atoms with Crippen LogP contribution < -0.4 is 5.32 Å². The highest BCUT2D eigenvalue weighted by molar-refractivity contribution is 6.42. The summed E-state index contributed by atoms with van der Waals surface area (Å²) in [4.78, 5) is 56.2. The Labute approximate surface area is 245 Å². The van der Waals surface area contributed by atoms with Gasteiger partial charge in [-0.05, 0) is 42.0 Å². The molecule has 0 aromatic heterocycles. The fourth-order valence-electron chi connectivity index (χ4n) is 5.25. The Morgan fingerprint density at radius 2 is 1.60 bits per heavy atom. The van der Waals surface area contributed by atoms with E-state index >= 15 is 0 Å². The summed E-state index contributed by atoms with van der Waals surface area (Å²) in [7, 11) is 0. The van der Waals surface area contributed by atoms with Crippen molar-refractivity contribution in [2.45, 2.75) is 52.1 Å². The summed E-state index contributed by atoms with van der Waals surface area (Å²) < 4.78 is 0. The van der Waals surface area contributed by atoms with E-state index in [1.165, 1.54) is 9.80 Å². The monoisotopic (exact) mass is 583 g/mol. The molecule has 3 atom stereocenters. The van der Waals surface area contributed by atoms with E-state index < -0.39 is 6.04 Å². The molecule has 0 radical (unpaired) electrons. The third-order valence-corrected chi connectivity index (χ3v) is 8.18. The predicted molar refractivity (Wildman–Crippen MR) is 155 cm³/mol. The minimum absolute atomic E-state index is 0.0208. The van der Waals surface area contributed by atoms with E-state index in [-0.39, 0.29) is 60.9 Å². The van der Waals surface area contributed by atoms with E-state index in [0.717, 1.165) is 5.56 Å². The number of likely N-dealkylation sites (tertiary alicyclic amines) is 1. The summed E-state index contributed by atoms with van der Waals surface area (Å²) in [5.41, 5.74) is 1.61. The van der Waals surface area contributed by atoms with Crippen molar-refractivity contribution in [2.24, 2.45) is 17.8 Å². The molecule has 1 saturated heterocycles. The Hall–Kier alpha value is -3.16. The highest BCUT2D eigenvalue weighted by Crippen LogP contribution is 2.35. The molecule has 40 heavy (non-hydrogen) atoms. The second kappa shape index (κ2) is 13.5. The number of imide groups is 1. The zero-order valence-electron chi connectivity index (χ0n) is 22.8. The Morgan fingerprint density at radius 3 is 2.20 bits per heavy atom. The van der Waals surface area contributed by atoms with Gasteiger partial charge in [-0.15, -0.1) is 0 Å². The number of nitrogens with zero attached hydrogens (tertiary/aromatic N) is 2. The van der Waals surface area contributed by atoms with Gasteiger partial charge < -0.3 is 10.2 Å². The maximum Gasteiger partial charge on any atom is 0.243 e. The van der Waals surface area contributed by atoms with Crippen LogP contribution in [0.3, 0.4) is 0 Å². The zero-order chi connectivity index (χ0) is 28.8. The van der Waals surface area contributed by atoms with Crippen LogP contribution >= 0.6 is 23.2 Å². The van der Waals surface area contributed by atoms with E-state index in [9.17, 15) is 19.2 Å². The van der Waals surface area contributed by atoms with Gasteiger partial charge in [-0.2, -0.15) is 0 Å². The van der Waals surface area contributed by atoms with Gasteiger partial charge in [-0.25, -0.2) is 0 Å². The van der Waals surface area contributed by atoms with Gasteiger partial charge in [0.05, 0.1) is 21.9 Å². The van der Waals surface area contributed by atoms with E-state index in [2.05, 4.69) is 5.32 Å². The summed E-state index contributed by atoms with van der Waals surface area (Å²) in [5.74, 6) is -1.53. The van der Waals surface area contributed by atoms with Gasteiger partial charge in [-0.1, -0.05) is 85.6 Å². The summed E-state index contributed by atoms with van der Waals surface area (Å²) >= 11 is 12.4. The van der Waals surface area contributed by atoms with Crippen LogP contribution in [0.25, 0.3) is 0 Å². The number of carbonyl (C=O) groups is 4. The molecule has 0 saturated carbocycles. The van der Waals surface area contributed by atoms with Crippen molar-refractivity contribution in [1.29, 1.82) is 0 Å². The van der Waals surface area contributed by atoms with E-state index in [1.807, 2.05) is 56.3 Å². The molecule has 7 nitrogen and oxygen atoms in total. The second-order valence-electron chi connectivity index (χ2n) is 10.8. The first-order valence-corrected chi connectivity index (χ1v) is 14.5. The van der Waals surface area contributed by atoms with Crippen molar-refractivity contribution in [3.05, 3.63) is 81.9 Å². The summed E-state index contributed by atoms with van der Waals surface area (Å²) in [6, 6.07) is 13.8. The molecule has 0 unspecified atom stereocenters. The molecular weight excluding hydrogens is 549 g/mol. The molecule has 2 aliphatic rings. The lowest BCUT2D eigenvalue weighted by atomic mass is 9.85. The van der Waals surface area contributed by atoms with Crippen LogP contribution in [0, 0.1) is 17.8 Å². The maximum absolute atomic E-state index is 13.9. The molecule has 4 rings (SSSR count). The van der Waals surface area contributed by atoms with E-state index in [1.54, 1.807) is 18.2 Å². The highest BCUT2D eigenvalue weighted by Gasteiger charge is 2.47.